The van der Waals surface area contributed by atoms with E-state index in [1.165, 1.54) is 16.7 Å². The molecule has 2 fully saturated rings. The Balaban J connectivity index is 2.11. The van der Waals surface area contributed by atoms with Crippen LogP contribution in [0.4, 0.5) is 0 Å². The topological polar surface area (TPSA) is 142 Å². The second kappa shape index (κ2) is 10.9. The molecule has 2 heterocycles. The largest absolute Gasteiger partial charge is 0.368 e. The molecular formula is C18H29N5O5S2. The fourth-order valence-corrected chi connectivity index (χ4v) is 4.41. The molecule has 4 atom stereocenters. The minimum absolute atomic E-state index is 0.0565. The van der Waals surface area contributed by atoms with E-state index in [9.17, 15) is 24.0 Å². The molecule has 0 unspecified atom stereocenters. The molecule has 0 saturated carbocycles. The summed E-state index contributed by atoms with van der Waals surface area (Å²) in [7, 11) is 0. The number of rotatable bonds is 8. The second-order valence-corrected chi connectivity index (χ2v) is 8.19. The molecule has 0 aromatic rings. The van der Waals surface area contributed by atoms with E-state index < -0.39 is 36.0 Å². The normalized spacial score (nSPS) is 23.0. The molecule has 2 saturated heterocycles. The van der Waals surface area contributed by atoms with Gasteiger partial charge in [-0.25, -0.2) is 0 Å². The second-order valence-electron chi connectivity index (χ2n) is 7.46. The summed E-state index contributed by atoms with van der Waals surface area (Å²) in [4.78, 5) is 64.4. The van der Waals surface area contributed by atoms with E-state index in [0.717, 1.165) is 0 Å². The van der Waals surface area contributed by atoms with Crippen molar-refractivity contribution in [1.82, 2.24) is 20.4 Å². The number of likely N-dealkylation sites (tertiary alicyclic amines) is 2. The molecule has 0 bridgehead atoms. The van der Waals surface area contributed by atoms with Gasteiger partial charge in [0, 0.05) is 31.5 Å². The van der Waals surface area contributed by atoms with Gasteiger partial charge >= 0.3 is 0 Å². The third kappa shape index (κ3) is 5.60. The summed E-state index contributed by atoms with van der Waals surface area (Å²) in [5.74, 6) is -2.00. The number of amides is 5. The van der Waals surface area contributed by atoms with E-state index >= 15 is 0 Å². The molecule has 2 aliphatic heterocycles. The standard InChI is InChI=1S/C18H29N5O5S2/c1-10(24)20-12(9-30)17(27)23-7-3-5-14(23)18(28)22-6-2-4-13(22)16(26)21-11(8-29)15(19)25/h11-14,29-30H,2-9H2,1H3,(H2,19,25)(H,20,24)(H,21,26)/t11-,12-,13-,14+/m0/s1. The smallest absolute Gasteiger partial charge is 0.246 e. The van der Waals surface area contributed by atoms with Gasteiger partial charge in [0.2, 0.25) is 29.5 Å². The summed E-state index contributed by atoms with van der Waals surface area (Å²) < 4.78 is 0. The van der Waals surface area contributed by atoms with Gasteiger partial charge in [-0.15, -0.1) is 0 Å². The Labute approximate surface area is 186 Å². The van der Waals surface area contributed by atoms with Crippen LogP contribution in [-0.4, -0.2) is 88.1 Å². The quantitative estimate of drug-likeness (QED) is 0.275. The minimum atomic E-state index is -0.920. The van der Waals surface area contributed by atoms with E-state index in [1.807, 2.05) is 0 Å². The summed E-state index contributed by atoms with van der Waals surface area (Å²) in [6, 6.07) is -3.16. The van der Waals surface area contributed by atoms with Crippen LogP contribution in [-0.2, 0) is 24.0 Å². The van der Waals surface area contributed by atoms with Gasteiger partial charge in [-0.1, -0.05) is 0 Å². The van der Waals surface area contributed by atoms with Crippen molar-refractivity contribution in [3.63, 3.8) is 0 Å². The Bertz CT molecular complexity index is 706. The SMILES string of the molecule is CC(=O)N[C@@H](CS)C(=O)N1CCC[C@@H]1C(=O)N1CCC[C@H]1C(=O)N[C@@H](CS)C(N)=O. The van der Waals surface area contributed by atoms with Crippen molar-refractivity contribution < 1.29 is 24.0 Å². The van der Waals surface area contributed by atoms with E-state index in [-0.39, 0.29) is 29.2 Å². The molecule has 2 aliphatic rings. The first-order valence-corrected chi connectivity index (χ1v) is 11.2. The van der Waals surface area contributed by atoms with Crippen LogP contribution in [0.3, 0.4) is 0 Å². The highest BCUT2D eigenvalue weighted by molar-refractivity contribution is 7.80. The van der Waals surface area contributed by atoms with Gasteiger partial charge in [0.1, 0.15) is 24.2 Å². The lowest BCUT2D eigenvalue weighted by atomic mass is 10.1. The van der Waals surface area contributed by atoms with Crippen LogP contribution in [0, 0.1) is 0 Å². The molecule has 10 nitrogen and oxygen atoms in total. The number of hydrogen-bond donors (Lipinski definition) is 5. The number of nitrogens with zero attached hydrogens (tertiary/aromatic N) is 2. The minimum Gasteiger partial charge on any atom is -0.368 e. The van der Waals surface area contributed by atoms with Crippen molar-refractivity contribution in [2.24, 2.45) is 5.73 Å². The lowest BCUT2D eigenvalue weighted by Crippen LogP contribution is -2.57. The van der Waals surface area contributed by atoms with E-state index in [0.29, 0.717) is 38.8 Å². The summed E-state index contributed by atoms with van der Waals surface area (Å²) >= 11 is 8.15. The van der Waals surface area contributed by atoms with Crippen LogP contribution in [0.25, 0.3) is 0 Å². The number of carbonyl (C=O) groups excluding carboxylic acids is 5. The van der Waals surface area contributed by atoms with Crippen LogP contribution in [0.5, 0.6) is 0 Å². The van der Waals surface area contributed by atoms with Crippen LogP contribution in [0.1, 0.15) is 32.6 Å². The number of thiol groups is 2. The Morgan fingerprint density at radius 3 is 2.03 bits per heavy atom. The first-order chi connectivity index (χ1) is 14.2. The summed E-state index contributed by atoms with van der Waals surface area (Å²) in [6.07, 6.45) is 2.23. The zero-order valence-electron chi connectivity index (χ0n) is 16.9. The summed E-state index contributed by atoms with van der Waals surface area (Å²) in [6.45, 7) is 2.10. The third-order valence-corrected chi connectivity index (χ3v) is 6.09. The van der Waals surface area contributed by atoms with Crippen molar-refractivity contribution in [3.05, 3.63) is 0 Å². The Kier molecular flexibility index (Phi) is 8.83. The molecule has 168 valence electrons. The molecule has 0 aromatic carbocycles. The van der Waals surface area contributed by atoms with Crippen molar-refractivity contribution >= 4 is 54.8 Å². The molecule has 12 heteroatoms. The molecule has 2 rings (SSSR count). The Hall–Kier alpha value is -1.95. The van der Waals surface area contributed by atoms with Crippen molar-refractivity contribution in [2.45, 2.75) is 56.8 Å². The number of nitrogens with two attached hydrogens (primary N) is 1. The molecule has 30 heavy (non-hydrogen) atoms. The lowest BCUT2D eigenvalue weighted by Gasteiger charge is -2.32. The zero-order chi connectivity index (χ0) is 22.4. The maximum absolute atomic E-state index is 13.2. The van der Waals surface area contributed by atoms with Crippen molar-refractivity contribution in [3.8, 4) is 0 Å². The van der Waals surface area contributed by atoms with Crippen LogP contribution >= 0.6 is 25.3 Å². The highest BCUT2D eigenvalue weighted by Crippen LogP contribution is 2.25. The van der Waals surface area contributed by atoms with Gasteiger partial charge in [0.05, 0.1) is 0 Å². The lowest BCUT2D eigenvalue weighted by molar-refractivity contribution is -0.147. The molecule has 0 aromatic heterocycles. The number of hydrogen-bond acceptors (Lipinski definition) is 7. The molecule has 4 N–H and O–H groups in total. The van der Waals surface area contributed by atoms with Crippen LogP contribution < -0.4 is 16.4 Å². The molecule has 5 amide bonds. The van der Waals surface area contributed by atoms with Gasteiger partial charge in [-0.2, -0.15) is 25.3 Å². The van der Waals surface area contributed by atoms with Crippen molar-refractivity contribution in [1.29, 1.82) is 0 Å². The van der Waals surface area contributed by atoms with Gasteiger partial charge in [-0.3, -0.25) is 24.0 Å². The van der Waals surface area contributed by atoms with Crippen LogP contribution in [0.15, 0.2) is 0 Å². The molecule has 0 radical (unpaired) electrons. The Morgan fingerprint density at radius 2 is 1.50 bits per heavy atom. The fraction of sp³-hybridized carbons (Fsp3) is 0.722. The van der Waals surface area contributed by atoms with Crippen molar-refractivity contribution in [2.75, 3.05) is 24.6 Å². The molecular weight excluding hydrogens is 430 g/mol. The monoisotopic (exact) mass is 459 g/mol. The molecule has 0 aliphatic carbocycles. The van der Waals surface area contributed by atoms with Gasteiger partial charge < -0.3 is 26.2 Å². The van der Waals surface area contributed by atoms with E-state index in [1.54, 1.807) is 0 Å². The zero-order valence-corrected chi connectivity index (χ0v) is 18.7. The van der Waals surface area contributed by atoms with Gasteiger partial charge in [0.25, 0.3) is 0 Å². The predicted octanol–water partition coefficient (Wildman–Crippen LogP) is -1.70. The third-order valence-electron chi connectivity index (χ3n) is 5.36. The van der Waals surface area contributed by atoms with E-state index in [4.69, 9.17) is 5.73 Å². The van der Waals surface area contributed by atoms with Gasteiger partial charge in [-0.05, 0) is 25.7 Å². The fourth-order valence-electron chi connectivity index (χ4n) is 3.89. The van der Waals surface area contributed by atoms with Crippen LogP contribution in [0.2, 0.25) is 0 Å². The predicted molar refractivity (Wildman–Crippen MR) is 116 cm³/mol. The maximum Gasteiger partial charge on any atom is 0.246 e. The number of primary amides is 1. The average molecular weight is 460 g/mol. The summed E-state index contributed by atoms with van der Waals surface area (Å²) in [5, 5.41) is 5.10. The Morgan fingerprint density at radius 1 is 0.933 bits per heavy atom. The summed E-state index contributed by atoms with van der Waals surface area (Å²) in [5.41, 5.74) is 5.25. The molecule has 0 spiro atoms. The highest BCUT2D eigenvalue weighted by atomic mass is 32.1. The number of carbonyl (C=O) groups is 5. The first kappa shape index (κ1) is 24.3. The van der Waals surface area contributed by atoms with E-state index in [2.05, 4.69) is 35.9 Å². The van der Waals surface area contributed by atoms with Gasteiger partial charge in [0.15, 0.2) is 0 Å². The highest BCUT2D eigenvalue weighted by Gasteiger charge is 2.43. The maximum atomic E-state index is 13.2. The number of nitrogens with one attached hydrogen (secondary N) is 2. The average Bonchev–Trinajstić information content (AvgIpc) is 3.38. The first-order valence-electron chi connectivity index (χ1n) is 9.90.